The molecule has 1 aliphatic heterocycles. The second-order valence-electron chi connectivity index (χ2n) is 5.31. The van der Waals surface area contributed by atoms with Crippen LogP contribution in [0.5, 0.6) is 5.75 Å². The lowest BCUT2D eigenvalue weighted by Crippen LogP contribution is -2.35. The van der Waals surface area contributed by atoms with E-state index < -0.39 is 12.6 Å². The van der Waals surface area contributed by atoms with Crippen LogP contribution >= 0.6 is 11.8 Å². The fraction of sp³-hybridized carbons (Fsp3) is 0.500. The van der Waals surface area contributed by atoms with Crippen molar-refractivity contribution in [2.45, 2.75) is 24.5 Å². The van der Waals surface area contributed by atoms with Gasteiger partial charge in [0.2, 0.25) is 0 Å². The van der Waals surface area contributed by atoms with Gasteiger partial charge in [-0.05, 0) is 37.3 Å². The molecule has 0 spiro atoms. The van der Waals surface area contributed by atoms with Crippen LogP contribution in [0, 0.1) is 0 Å². The highest BCUT2D eigenvalue weighted by Gasteiger charge is 2.22. The fourth-order valence-electron chi connectivity index (χ4n) is 2.53. The van der Waals surface area contributed by atoms with Gasteiger partial charge in [-0.3, -0.25) is 4.79 Å². The quantitative estimate of drug-likeness (QED) is 0.902. The first-order chi connectivity index (χ1) is 10.6. The van der Waals surface area contributed by atoms with Crippen LogP contribution in [0.2, 0.25) is 0 Å². The van der Waals surface area contributed by atoms with Crippen LogP contribution in [0.3, 0.4) is 0 Å². The Morgan fingerprint density at radius 3 is 2.95 bits per heavy atom. The van der Waals surface area contributed by atoms with Crippen LogP contribution in [0.4, 0.5) is 0 Å². The molecule has 1 fully saturated rings. The summed E-state index contributed by atoms with van der Waals surface area (Å²) in [7, 11) is 0. The summed E-state index contributed by atoms with van der Waals surface area (Å²) in [4.78, 5) is 25.1. The summed E-state index contributed by atoms with van der Waals surface area (Å²) >= 11 is 1.81. The molecule has 0 aliphatic carbocycles. The summed E-state index contributed by atoms with van der Waals surface area (Å²) < 4.78 is 5.14. The van der Waals surface area contributed by atoms with E-state index in [-0.39, 0.29) is 5.91 Å². The number of aliphatic carboxylic acids is 1. The zero-order valence-corrected chi connectivity index (χ0v) is 13.5. The van der Waals surface area contributed by atoms with Crippen molar-refractivity contribution < 1.29 is 19.4 Å². The summed E-state index contributed by atoms with van der Waals surface area (Å²) in [5.74, 6) is -0.640. The van der Waals surface area contributed by atoms with E-state index in [9.17, 15) is 9.59 Å². The smallest absolute Gasteiger partial charge is 0.341 e. The molecule has 6 heteroatoms. The number of carbonyl (C=O) groups excluding carboxylic acids is 1. The van der Waals surface area contributed by atoms with E-state index >= 15 is 0 Å². The van der Waals surface area contributed by atoms with Crippen molar-refractivity contribution in [1.29, 1.82) is 0 Å². The summed E-state index contributed by atoms with van der Waals surface area (Å²) in [6, 6.07) is 6.74. The molecule has 22 heavy (non-hydrogen) atoms. The van der Waals surface area contributed by atoms with Gasteiger partial charge in [-0.25, -0.2) is 4.79 Å². The summed E-state index contributed by atoms with van der Waals surface area (Å²) in [5, 5.41) is 9.13. The van der Waals surface area contributed by atoms with Crippen molar-refractivity contribution in [3.8, 4) is 5.75 Å². The number of hydrogen-bond acceptors (Lipinski definition) is 4. The molecular weight excluding hydrogens is 302 g/mol. The van der Waals surface area contributed by atoms with Crippen LogP contribution in [0.25, 0.3) is 0 Å². The first kappa shape index (κ1) is 16.7. The summed E-state index contributed by atoms with van der Waals surface area (Å²) in [6.45, 7) is 1.13. The van der Waals surface area contributed by atoms with E-state index in [1.807, 2.05) is 4.90 Å². The predicted octanol–water partition coefficient (Wildman–Crippen LogP) is 2.51. The molecule has 0 saturated carbocycles. The SMILES string of the molecule is CSC1CCCCN(C(=O)c2cccc(OCC(=O)O)c2)C1. The van der Waals surface area contributed by atoms with E-state index in [0.29, 0.717) is 16.6 Å². The van der Waals surface area contributed by atoms with Gasteiger partial charge in [0.1, 0.15) is 5.75 Å². The number of carboxylic acid groups (broad SMARTS) is 1. The molecule has 0 bridgehead atoms. The first-order valence-electron chi connectivity index (χ1n) is 7.37. The highest BCUT2D eigenvalue weighted by Crippen LogP contribution is 2.22. The van der Waals surface area contributed by atoms with E-state index in [1.54, 1.807) is 36.0 Å². The van der Waals surface area contributed by atoms with E-state index in [1.165, 1.54) is 0 Å². The topological polar surface area (TPSA) is 66.8 Å². The minimum Gasteiger partial charge on any atom is -0.482 e. The molecule has 0 aromatic heterocycles. The number of likely N-dealkylation sites (tertiary alicyclic amines) is 1. The van der Waals surface area contributed by atoms with Gasteiger partial charge in [0.15, 0.2) is 6.61 Å². The molecule has 1 amide bonds. The van der Waals surface area contributed by atoms with E-state index in [4.69, 9.17) is 9.84 Å². The predicted molar refractivity (Wildman–Crippen MR) is 86.6 cm³/mol. The van der Waals surface area contributed by atoms with Gasteiger partial charge < -0.3 is 14.7 Å². The van der Waals surface area contributed by atoms with Crippen molar-refractivity contribution >= 4 is 23.6 Å². The van der Waals surface area contributed by atoms with Crippen LogP contribution in [-0.4, -0.2) is 53.1 Å². The molecule has 1 aliphatic rings. The third-order valence-corrected chi connectivity index (χ3v) is 4.74. The number of carbonyl (C=O) groups is 2. The average Bonchev–Trinajstić information content (AvgIpc) is 2.78. The molecular formula is C16H21NO4S. The van der Waals surface area contributed by atoms with Gasteiger partial charge in [0.05, 0.1) is 0 Å². The van der Waals surface area contributed by atoms with Gasteiger partial charge in [-0.2, -0.15) is 11.8 Å². The Labute approximate surface area is 134 Å². The van der Waals surface area contributed by atoms with Gasteiger partial charge >= 0.3 is 5.97 Å². The maximum absolute atomic E-state index is 12.6. The monoisotopic (exact) mass is 323 g/mol. The van der Waals surface area contributed by atoms with Crippen LogP contribution in [0.1, 0.15) is 29.6 Å². The molecule has 5 nitrogen and oxygen atoms in total. The van der Waals surface area contributed by atoms with Gasteiger partial charge in [-0.15, -0.1) is 0 Å². The van der Waals surface area contributed by atoms with Crippen LogP contribution in [0.15, 0.2) is 24.3 Å². The van der Waals surface area contributed by atoms with Gasteiger partial charge in [-0.1, -0.05) is 12.5 Å². The van der Waals surface area contributed by atoms with Crippen molar-refractivity contribution in [2.75, 3.05) is 26.0 Å². The molecule has 1 atom stereocenters. The number of thioether (sulfide) groups is 1. The molecule has 120 valence electrons. The van der Waals surface area contributed by atoms with Crippen molar-refractivity contribution in [1.82, 2.24) is 4.90 Å². The number of benzene rings is 1. The maximum atomic E-state index is 12.6. The number of carboxylic acids is 1. The molecule has 2 rings (SSSR count). The second kappa shape index (κ2) is 8.08. The lowest BCUT2D eigenvalue weighted by Gasteiger charge is -2.23. The number of rotatable bonds is 5. The Morgan fingerprint density at radius 2 is 2.23 bits per heavy atom. The molecule has 1 heterocycles. The number of ether oxygens (including phenoxy) is 1. The van der Waals surface area contributed by atoms with E-state index in [0.717, 1.165) is 32.4 Å². The Kier molecular flexibility index (Phi) is 6.12. The second-order valence-corrected chi connectivity index (χ2v) is 6.45. The summed E-state index contributed by atoms with van der Waals surface area (Å²) in [5.41, 5.74) is 0.546. The Balaban J connectivity index is 2.07. The van der Waals surface area contributed by atoms with Gasteiger partial charge in [0.25, 0.3) is 5.91 Å². The third kappa shape index (κ3) is 4.66. The highest BCUT2D eigenvalue weighted by atomic mass is 32.2. The minimum atomic E-state index is -1.04. The lowest BCUT2D eigenvalue weighted by molar-refractivity contribution is -0.139. The number of hydrogen-bond donors (Lipinski definition) is 1. The van der Waals surface area contributed by atoms with Gasteiger partial charge in [0, 0.05) is 23.9 Å². The number of amides is 1. The molecule has 1 aromatic rings. The maximum Gasteiger partial charge on any atom is 0.341 e. The lowest BCUT2D eigenvalue weighted by atomic mass is 10.2. The highest BCUT2D eigenvalue weighted by molar-refractivity contribution is 7.99. The number of nitrogens with zero attached hydrogens (tertiary/aromatic N) is 1. The van der Waals surface area contributed by atoms with Crippen LogP contribution in [-0.2, 0) is 4.79 Å². The van der Waals surface area contributed by atoms with Crippen LogP contribution < -0.4 is 4.74 Å². The van der Waals surface area contributed by atoms with Crippen molar-refractivity contribution in [2.24, 2.45) is 0 Å². The Bertz CT molecular complexity index is 535. The third-order valence-electron chi connectivity index (χ3n) is 3.69. The summed E-state index contributed by atoms with van der Waals surface area (Å²) in [6.07, 6.45) is 5.40. The Morgan fingerprint density at radius 1 is 1.41 bits per heavy atom. The molecule has 1 unspecified atom stereocenters. The van der Waals surface area contributed by atoms with E-state index in [2.05, 4.69) is 6.26 Å². The van der Waals surface area contributed by atoms with Crippen molar-refractivity contribution in [3.63, 3.8) is 0 Å². The minimum absolute atomic E-state index is 0.0123. The molecule has 1 N–H and O–H groups in total. The zero-order chi connectivity index (χ0) is 15.9. The largest absolute Gasteiger partial charge is 0.482 e. The molecule has 1 saturated heterocycles. The van der Waals surface area contributed by atoms with Crippen molar-refractivity contribution in [3.05, 3.63) is 29.8 Å². The zero-order valence-electron chi connectivity index (χ0n) is 12.7. The average molecular weight is 323 g/mol. The first-order valence-corrected chi connectivity index (χ1v) is 8.65. The molecule has 1 aromatic carbocycles. The molecule has 0 radical (unpaired) electrons. The standard InChI is InChI=1S/C16H21NO4S/c1-22-14-7-2-3-8-17(10-14)16(20)12-5-4-6-13(9-12)21-11-15(18)19/h4-6,9,14H,2-3,7-8,10-11H2,1H3,(H,18,19). The Hall–Kier alpha value is -1.69. The fourth-order valence-corrected chi connectivity index (χ4v) is 3.26. The normalized spacial score (nSPS) is 18.6.